The van der Waals surface area contributed by atoms with Crippen LogP contribution < -0.4 is 10.6 Å². The van der Waals surface area contributed by atoms with E-state index < -0.39 is 29.6 Å². The summed E-state index contributed by atoms with van der Waals surface area (Å²) < 4.78 is 27.9. The number of halogens is 2. The molecule has 0 saturated heterocycles. The van der Waals surface area contributed by atoms with Gasteiger partial charge in [-0.15, -0.1) is 6.42 Å². The smallest absolute Gasteiger partial charge is 0.293 e. The van der Waals surface area contributed by atoms with Gasteiger partial charge in [-0.05, 0) is 31.5 Å². The number of aromatic nitrogens is 1. The lowest BCUT2D eigenvalue weighted by Gasteiger charge is -2.17. The van der Waals surface area contributed by atoms with Crippen LogP contribution >= 0.6 is 0 Å². The Bertz CT molecular complexity index is 945. The van der Waals surface area contributed by atoms with Crippen LogP contribution in [0.4, 0.5) is 14.5 Å². The summed E-state index contributed by atoms with van der Waals surface area (Å²) in [7, 11) is 1.62. The average Bonchev–Trinajstić information content (AvgIpc) is 2.84. The predicted molar refractivity (Wildman–Crippen MR) is 96.0 cm³/mol. The number of carbonyl (C=O) groups is 2. The van der Waals surface area contributed by atoms with Gasteiger partial charge in [-0.3, -0.25) is 9.59 Å². The molecule has 1 amide bonds. The maximum Gasteiger partial charge on any atom is 0.293 e. The molecule has 1 unspecified atom stereocenters. The molecule has 0 radical (unpaired) electrons. The highest BCUT2D eigenvalue weighted by Gasteiger charge is 2.28. The van der Waals surface area contributed by atoms with Crippen molar-refractivity contribution in [1.82, 2.24) is 9.88 Å². The molecular weight excluding hydrogens is 356 g/mol. The summed E-state index contributed by atoms with van der Waals surface area (Å²) in [6.45, 7) is 3.13. The van der Waals surface area contributed by atoms with E-state index in [1.807, 2.05) is 0 Å². The zero-order valence-electron chi connectivity index (χ0n) is 15.1. The van der Waals surface area contributed by atoms with Gasteiger partial charge in [0, 0.05) is 24.5 Å². The van der Waals surface area contributed by atoms with Crippen LogP contribution in [-0.2, 0) is 11.8 Å². The number of Topliss-reactive ketones (excluding diaryl/α,β-unsaturated/α-hetero) is 1. The minimum Gasteiger partial charge on any atom is -0.368 e. The summed E-state index contributed by atoms with van der Waals surface area (Å²) in [5, 5.41) is 15.5. The number of rotatable bonds is 6. The molecule has 0 aliphatic carbocycles. The lowest BCUT2D eigenvalue weighted by atomic mass is 10.0. The fourth-order valence-electron chi connectivity index (χ4n) is 2.86. The van der Waals surface area contributed by atoms with Crippen LogP contribution in [-0.4, -0.2) is 27.9 Å². The number of hydrogen-bond donors (Lipinski definition) is 3. The highest BCUT2D eigenvalue weighted by atomic mass is 19.2. The van der Waals surface area contributed by atoms with Crippen molar-refractivity contribution in [3.63, 3.8) is 0 Å². The SMILES string of the molecule is C#CCNC(=O)C(=O)c1c(C)c(C(O)Nc2ccc(F)c(F)c2)n(C)c1C. The Kier molecular flexibility index (Phi) is 5.98. The van der Waals surface area contributed by atoms with E-state index in [9.17, 15) is 23.5 Å². The largest absolute Gasteiger partial charge is 0.368 e. The van der Waals surface area contributed by atoms with E-state index in [2.05, 4.69) is 16.6 Å². The number of nitrogens with one attached hydrogen (secondary N) is 2. The molecule has 0 bridgehead atoms. The fraction of sp³-hybridized carbons (Fsp3) is 0.263. The summed E-state index contributed by atoms with van der Waals surface area (Å²) in [4.78, 5) is 24.4. The van der Waals surface area contributed by atoms with Crippen LogP contribution in [0.25, 0.3) is 0 Å². The number of aliphatic hydroxyl groups is 1. The number of aliphatic hydroxyl groups excluding tert-OH is 1. The molecule has 6 nitrogen and oxygen atoms in total. The first-order valence-electron chi connectivity index (χ1n) is 8.00. The van der Waals surface area contributed by atoms with E-state index in [1.54, 1.807) is 25.5 Å². The quantitative estimate of drug-likeness (QED) is 0.312. The molecule has 8 heteroatoms. The van der Waals surface area contributed by atoms with E-state index in [4.69, 9.17) is 6.42 Å². The van der Waals surface area contributed by atoms with Gasteiger partial charge in [0.25, 0.3) is 11.7 Å². The highest BCUT2D eigenvalue weighted by Crippen LogP contribution is 2.28. The summed E-state index contributed by atoms with van der Waals surface area (Å²) in [6, 6.07) is 3.10. The van der Waals surface area contributed by atoms with Crippen LogP contribution in [0.5, 0.6) is 0 Å². The van der Waals surface area contributed by atoms with Crippen molar-refractivity contribution < 1.29 is 23.5 Å². The number of nitrogens with zero attached hydrogens (tertiary/aromatic N) is 1. The second-order valence-electron chi connectivity index (χ2n) is 5.92. The zero-order valence-corrected chi connectivity index (χ0v) is 15.1. The molecule has 1 aromatic carbocycles. The second kappa shape index (κ2) is 8.01. The Morgan fingerprint density at radius 2 is 1.96 bits per heavy atom. The number of carbonyl (C=O) groups excluding carboxylic acids is 2. The zero-order chi connectivity index (χ0) is 20.3. The first-order valence-corrected chi connectivity index (χ1v) is 8.00. The molecule has 1 atom stereocenters. The van der Waals surface area contributed by atoms with Crippen molar-refractivity contribution in [2.45, 2.75) is 20.1 Å². The molecule has 3 N–H and O–H groups in total. The lowest BCUT2D eigenvalue weighted by Crippen LogP contribution is -2.31. The minimum atomic E-state index is -1.33. The fourth-order valence-corrected chi connectivity index (χ4v) is 2.86. The first-order chi connectivity index (χ1) is 12.7. The van der Waals surface area contributed by atoms with Gasteiger partial charge in [0.2, 0.25) is 0 Å². The summed E-state index contributed by atoms with van der Waals surface area (Å²) in [5.41, 5.74) is 1.46. The summed E-state index contributed by atoms with van der Waals surface area (Å²) >= 11 is 0. The van der Waals surface area contributed by atoms with Gasteiger partial charge in [0.05, 0.1) is 17.8 Å². The van der Waals surface area contributed by atoms with Crippen LogP contribution in [0, 0.1) is 37.8 Å². The molecule has 27 heavy (non-hydrogen) atoms. The van der Waals surface area contributed by atoms with E-state index >= 15 is 0 Å². The number of amides is 1. The number of anilines is 1. The minimum absolute atomic E-state index is 0.0807. The molecule has 0 aliphatic rings. The maximum absolute atomic E-state index is 13.4. The summed E-state index contributed by atoms with van der Waals surface area (Å²) in [5.74, 6) is -1.49. The first kappa shape index (κ1) is 20.1. The average molecular weight is 375 g/mol. The van der Waals surface area contributed by atoms with Gasteiger partial charge in [0.15, 0.2) is 17.9 Å². The molecule has 142 valence electrons. The van der Waals surface area contributed by atoms with Gasteiger partial charge >= 0.3 is 0 Å². The number of hydrogen-bond acceptors (Lipinski definition) is 4. The van der Waals surface area contributed by atoms with Crippen molar-refractivity contribution in [3.8, 4) is 12.3 Å². The topological polar surface area (TPSA) is 83.4 Å². The van der Waals surface area contributed by atoms with Crippen molar-refractivity contribution in [2.24, 2.45) is 7.05 Å². The maximum atomic E-state index is 13.4. The molecule has 2 aromatic rings. The third-order valence-electron chi connectivity index (χ3n) is 4.25. The van der Waals surface area contributed by atoms with E-state index in [-0.39, 0.29) is 17.8 Å². The molecule has 0 saturated carbocycles. The third-order valence-corrected chi connectivity index (χ3v) is 4.25. The summed E-state index contributed by atoms with van der Waals surface area (Å²) in [6.07, 6.45) is 3.74. The van der Waals surface area contributed by atoms with Crippen LogP contribution in [0.1, 0.15) is 33.5 Å². The molecular formula is C19H19F2N3O3. The number of ketones is 1. The molecule has 0 aliphatic heterocycles. The highest BCUT2D eigenvalue weighted by molar-refractivity contribution is 6.43. The lowest BCUT2D eigenvalue weighted by molar-refractivity contribution is -0.116. The van der Waals surface area contributed by atoms with Gasteiger partial charge in [-0.1, -0.05) is 5.92 Å². The Morgan fingerprint density at radius 1 is 1.30 bits per heavy atom. The number of terminal acetylenes is 1. The van der Waals surface area contributed by atoms with Crippen molar-refractivity contribution in [3.05, 3.63) is 52.3 Å². The van der Waals surface area contributed by atoms with Gasteiger partial charge < -0.3 is 20.3 Å². The van der Waals surface area contributed by atoms with E-state index in [1.165, 1.54) is 6.07 Å². The molecule has 0 fully saturated rings. The monoisotopic (exact) mass is 375 g/mol. The van der Waals surface area contributed by atoms with Gasteiger partial charge in [-0.2, -0.15) is 0 Å². The Morgan fingerprint density at radius 3 is 2.56 bits per heavy atom. The molecule has 1 aromatic heterocycles. The standard InChI is InChI=1S/C19H19F2N3O3/c1-5-8-22-19(27)17(25)15-10(2)16(24(4)11(15)3)18(26)23-12-6-7-13(20)14(21)9-12/h1,6-7,9,18,23,26H,8H2,2-4H3,(H,22,27). The number of benzene rings is 1. The van der Waals surface area contributed by atoms with E-state index in [0.29, 0.717) is 17.0 Å². The Hall–Kier alpha value is -3.18. The van der Waals surface area contributed by atoms with Crippen LogP contribution in [0.3, 0.4) is 0 Å². The predicted octanol–water partition coefficient (Wildman–Crippen LogP) is 1.96. The Balaban J connectivity index is 2.35. The Labute approximate surface area is 155 Å². The molecule has 2 rings (SSSR count). The van der Waals surface area contributed by atoms with Crippen LogP contribution in [0.2, 0.25) is 0 Å². The molecule has 1 heterocycles. The normalized spacial score (nSPS) is 11.6. The third kappa shape index (κ3) is 3.99. The van der Waals surface area contributed by atoms with Crippen molar-refractivity contribution in [2.75, 3.05) is 11.9 Å². The molecule has 0 spiro atoms. The van der Waals surface area contributed by atoms with Gasteiger partial charge in [-0.25, -0.2) is 8.78 Å². The van der Waals surface area contributed by atoms with E-state index in [0.717, 1.165) is 12.1 Å². The second-order valence-corrected chi connectivity index (χ2v) is 5.92. The van der Waals surface area contributed by atoms with Gasteiger partial charge in [0.1, 0.15) is 0 Å². The van der Waals surface area contributed by atoms with Crippen molar-refractivity contribution >= 4 is 17.4 Å². The van der Waals surface area contributed by atoms with Crippen LogP contribution in [0.15, 0.2) is 18.2 Å². The van der Waals surface area contributed by atoms with Crippen molar-refractivity contribution in [1.29, 1.82) is 0 Å².